The normalized spacial score (nSPS) is 10.7. The lowest BCUT2D eigenvalue weighted by Gasteiger charge is -2.04. The van der Waals surface area contributed by atoms with Gasteiger partial charge in [0.2, 0.25) is 0 Å². The van der Waals surface area contributed by atoms with Crippen molar-refractivity contribution >= 4 is 64.9 Å². The molecule has 5 nitrogen and oxygen atoms in total. The highest BCUT2D eigenvalue weighted by Crippen LogP contribution is 2.32. The van der Waals surface area contributed by atoms with Gasteiger partial charge in [0.15, 0.2) is 5.78 Å². The van der Waals surface area contributed by atoms with Crippen molar-refractivity contribution in [2.24, 2.45) is 0 Å². The van der Waals surface area contributed by atoms with Crippen molar-refractivity contribution in [2.45, 2.75) is 6.54 Å². The third kappa shape index (κ3) is 3.33. The molecule has 0 spiro atoms. The molecular weight excluding hydrogens is 468 g/mol. The van der Waals surface area contributed by atoms with E-state index < -0.39 is 11.2 Å². The SMILES string of the molecule is O=C(Cn1cc(Br)c(=O)[nH]c1=O)c1cc(Br)sc1Br. The Kier molecular flexibility index (Phi) is 4.59. The Bertz CT molecular complexity index is 762. The zero-order chi connectivity index (χ0) is 14.2. The maximum absolute atomic E-state index is 12.1. The number of nitrogens with one attached hydrogen (secondary N) is 1. The van der Waals surface area contributed by atoms with E-state index in [0.29, 0.717) is 9.35 Å². The van der Waals surface area contributed by atoms with E-state index in [0.717, 1.165) is 8.35 Å². The Morgan fingerprint density at radius 2 is 2.00 bits per heavy atom. The molecule has 0 fully saturated rings. The second kappa shape index (κ2) is 5.86. The van der Waals surface area contributed by atoms with Gasteiger partial charge in [-0.05, 0) is 53.9 Å². The van der Waals surface area contributed by atoms with Crippen molar-refractivity contribution in [2.75, 3.05) is 0 Å². The van der Waals surface area contributed by atoms with Gasteiger partial charge in [0, 0.05) is 11.8 Å². The van der Waals surface area contributed by atoms with Crippen LogP contribution >= 0.6 is 59.1 Å². The van der Waals surface area contributed by atoms with Crippen LogP contribution in [0.15, 0.2) is 33.9 Å². The molecule has 9 heteroatoms. The van der Waals surface area contributed by atoms with Gasteiger partial charge in [-0.25, -0.2) is 4.79 Å². The molecule has 0 saturated heterocycles. The molecule has 0 amide bonds. The fourth-order valence-corrected chi connectivity index (χ4v) is 4.57. The van der Waals surface area contributed by atoms with E-state index >= 15 is 0 Å². The number of nitrogens with zero attached hydrogens (tertiary/aromatic N) is 1. The molecule has 0 aliphatic carbocycles. The first kappa shape index (κ1) is 14.9. The smallest absolute Gasteiger partial charge is 0.292 e. The van der Waals surface area contributed by atoms with E-state index in [1.54, 1.807) is 6.07 Å². The topological polar surface area (TPSA) is 71.9 Å². The molecule has 0 radical (unpaired) electrons. The highest BCUT2D eigenvalue weighted by molar-refractivity contribution is 9.12. The lowest BCUT2D eigenvalue weighted by molar-refractivity contribution is 0.0970. The summed E-state index contributed by atoms with van der Waals surface area (Å²) in [5, 5.41) is 0. The fourth-order valence-electron chi connectivity index (χ4n) is 1.37. The van der Waals surface area contributed by atoms with Gasteiger partial charge in [0.05, 0.1) is 18.6 Å². The second-order valence-electron chi connectivity index (χ2n) is 3.53. The predicted molar refractivity (Wildman–Crippen MR) is 83.1 cm³/mol. The number of halogens is 3. The maximum Gasteiger partial charge on any atom is 0.328 e. The van der Waals surface area contributed by atoms with Crippen molar-refractivity contribution in [3.8, 4) is 0 Å². The first-order valence-electron chi connectivity index (χ1n) is 4.86. The highest BCUT2D eigenvalue weighted by atomic mass is 79.9. The first-order valence-corrected chi connectivity index (χ1v) is 8.05. The minimum Gasteiger partial charge on any atom is -0.292 e. The summed E-state index contributed by atoms with van der Waals surface area (Å²) in [5.74, 6) is -0.227. The van der Waals surface area contributed by atoms with E-state index in [4.69, 9.17) is 0 Å². The van der Waals surface area contributed by atoms with Crippen LogP contribution in [0, 0.1) is 0 Å². The number of ketones is 1. The quantitative estimate of drug-likeness (QED) is 0.698. The first-order chi connectivity index (χ1) is 8.88. The van der Waals surface area contributed by atoms with Gasteiger partial charge in [-0.2, -0.15) is 0 Å². The van der Waals surface area contributed by atoms with Crippen molar-refractivity contribution in [3.05, 3.63) is 50.7 Å². The average molecular weight is 473 g/mol. The van der Waals surface area contributed by atoms with Gasteiger partial charge in [0.1, 0.15) is 0 Å². The largest absolute Gasteiger partial charge is 0.328 e. The molecular formula is C10H5Br3N2O3S. The average Bonchev–Trinajstić information content (AvgIpc) is 2.65. The van der Waals surface area contributed by atoms with E-state index in [1.807, 2.05) is 0 Å². The third-order valence-corrected chi connectivity index (χ3v) is 5.14. The molecule has 100 valence electrons. The lowest BCUT2D eigenvalue weighted by Crippen LogP contribution is -2.31. The Hall–Kier alpha value is -0.510. The van der Waals surface area contributed by atoms with Gasteiger partial charge in [-0.3, -0.25) is 19.1 Å². The number of thiophene rings is 1. The molecule has 2 aromatic heterocycles. The second-order valence-corrected chi connectivity index (χ2v) is 8.13. The van der Waals surface area contributed by atoms with Gasteiger partial charge < -0.3 is 0 Å². The number of hydrogen-bond donors (Lipinski definition) is 1. The van der Waals surface area contributed by atoms with E-state index in [-0.39, 0.29) is 16.8 Å². The fraction of sp³-hybridized carbons (Fsp3) is 0.100. The van der Waals surface area contributed by atoms with Crippen LogP contribution in [0.4, 0.5) is 0 Å². The molecule has 0 aliphatic rings. The summed E-state index contributed by atoms with van der Waals surface area (Å²) in [6, 6.07) is 1.68. The van der Waals surface area contributed by atoms with Crippen molar-refractivity contribution in [1.29, 1.82) is 0 Å². The van der Waals surface area contributed by atoms with Crippen LogP contribution in [-0.2, 0) is 6.54 Å². The third-order valence-electron chi connectivity index (χ3n) is 2.24. The molecule has 0 bridgehead atoms. The molecule has 2 aromatic rings. The van der Waals surface area contributed by atoms with Crippen molar-refractivity contribution < 1.29 is 4.79 Å². The minimum absolute atomic E-state index is 0.143. The van der Waals surface area contributed by atoms with Crippen LogP contribution in [0.1, 0.15) is 10.4 Å². The van der Waals surface area contributed by atoms with Crippen LogP contribution in [0.5, 0.6) is 0 Å². The molecule has 2 rings (SSSR count). The van der Waals surface area contributed by atoms with Gasteiger partial charge >= 0.3 is 5.69 Å². The van der Waals surface area contributed by atoms with Crippen LogP contribution in [0.2, 0.25) is 0 Å². The maximum atomic E-state index is 12.1. The van der Waals surface area contributed by atoms with Gasteiger partial charge in [0.25, 0.3) is 5.56 Å². The Labute approximate surface area is 136 Å². The number of Topliss-reactive ketones (excluding diaryl/α,β-unsaturated/α-hetero) is 1. The van der Waals surface area contributed by atoms with Crippen molar-refractivity contribution in [3.63, 3.8) is 0 Å². The zero-order valence-corrected chi connectivity index (χ0v) is 14.7. The molecule has 19 heavy (non-hydrogen) atoms. The van der Waals surface area contributed by atoms with Crippen LogP contribution in [-0.4, -0.2) is 15.3 Å². The molecule has 0 aromatic carbocycles. The Morgan fingerprint density at radius 1 is 1.32 bits per heavy atom. The molecule has 1 N–H and O–H groups in total. The van der Waals surface area contributed by atoms with E-state index in [1.165, 1.54) is 17.5 Å². The van der Waals surface area contributed by atoms with Crippen molar-refractivity contribution in [1.82, 2.24) is 9.55 Å². The number of aromatic amines is 1. The lowest BCUT2D eigenvalue weighted by atomic mass is 10.2. The number of hydrogen-bond acceptors (Lipinski definition) is 4. The van der Waals surface area contributed by atoms with Crippen LogP contribution in [0.3, 0.4) is 0 Å². The Morgan fingerprint density at radius 3 is 2.58 bits per heavy atom. The number of rotatable bonds is 3. The van der Waals surface area contributed by atoms with Crippen LogP contribution < -0.4 is 11.2 Å². The number of carbonyl (C=O) groups is 1. The van der Waals surface area contributed by atoms with E-state index in [2.05, 4.69) is 52.8 Å². The molecule has 0 aliphatic heterocycles. The van der Waals surface area contributed by atoms with E-state index in [9.17, 15) is 14.4 Å². The summed E-state index contributed by atoms with van der Waals surface area (Å²) in [6.45, 7) is -0.143. The minimum atomic E-state index is -0.619. The zero-order valence-electron chi connectivity index (χ0n) is 9.08. The molecule has 2 heterocycles. The predicted octanol–water partition coefficient (Wildman–Crippen LogP) is 2.77. The summed E-state index contributed by atoms with van der Waals surface area (Å²) in [5.41, 5.74) is -0.647. The van der Waals surface area contributed by atoms with Gasteiger partial charge in [-0.15, -0.1) is 11.3 Å². The molecule has 0 atom stereocenters. The summed E-state index contributed by atoms with van der Waals surface area (Å²) >= 11 is 11.0. The van der Waals surface area contributed by atoms with Gasteiger partial charge in [-0.1, -0.05) is 0 Å². The number of carbonyl (C=O) groups excluding carboxylic acids is 1. The number of aromatic nitrogens is 2. The van der Waals surface area contributed by atoms with Crippen LogP contribution in [0.25, 0.3) is 0 Å². The summed E-state index contributed by atoms with van der Waals surface area (Å²) in [7, 11) is 0. The number of H-pyrrole nitrogens is 1. The monoisotopic (exact) mass is 470 g/mol. The standard InChI is InChI=1S/C10H5Br3N2O3S/c11-5-2-15(10(18)14-9(5)17)3-6(16)4-1-7(12)19-8(4)13/h1-2H,3H2,(H,14,17,18). The summed E-state index contributed by atoms with van der Waals surface area (Å²) < 4.78 is 2.86. The molecule has 0 unspecified atom stereocenters. The highest BCUT2D eigenvalue weighted by Gasteiger charge is 2.15. The summed E-state index contributed by atoms with van der Waals surface area (Å²) in [6.07, 6.45) is 1.30. The molecule has 0 saturated carbocycles. The summed E-state index contributed by atoms with van der Waals surface area (Å²) in [4.78, 5) is 37.0. The Balaban J connectivity index is 2.34.